The number of nitrogens with zero attached hydrogens (tertiary/aromatic N) is 1. The van der Waals surface area contributed by atoms with E-state index in [0.717, 1.165) is 22.5 Å². The zero-order valence-electron chi connectivity index (χ0n) is 14.2. The van der Waals surface area contributed by atoms with Crippen molar-refractivity contribution < 1.29 is 4.79 Å². The molecule has 0 spiro atoms. The van der Waals surface area contributed by atoms with Crippen LogP contribution in [0.5, 0.6) is 0 Å². The van der Waals surface area contributed by atoms with Gasteiger partial charge in [-0.2, -0.15) is 0 Å². The lowest BCUT2D eigenvalue weighted by Gasteiger charge is -2.14. The van der Waals surface area contributed by atoms with Crippen LogP contribution in [0.4, 0.5) is 0 Å². The molecule has 22 heavy (non-hydrogen) atoms. The first-order valence-electron chi connectivity index (χ1n) is 7.19. The highest BCUT2D eigenvalue weighted by Gasteiger charge is 2.04. The molecular weight excluding hydrogens is 276 g/mol. The Morgan fingerprint density at radius 3 is 2.23 bits per heavy atom. The Balaban J connectivity index is 0.000000980. The zero-order valence-corrected chi connectivity index (χ0v) is 14.2. The predicted octanol–water partition coefficient (Wildman–Crippen LogP) is 3.50. The summed E-state index contributed by atoms with van der Waals surface area (Å²) in [5.74, 6) is 0.167. The first-order chi connectivity index (χ1) is 10.2. The fourth-order valence-corrected chi connectivity index (χ4v) is 1.52. The molecule has 1 aromatic rings. The van der Waals surface area contributed by atoms with Crippen molar-refractivity contribution in [1.82, 2.24) is 9.88 Å². The maximum atomic E-state index is 11.5. The number of carbonyl (C=O) groups excluding carboxylic acids is 1. The van der Waals surface area contributed by atoms with Crippen molar-refractivity contribution in [3.05, 3.63) is 64.8 Å². The van der Waals surface area contributed by atoms with Gasteiger partial charge in [0.2, 0.25) is 0 Å². The van der Waals surface area contributed by atoms with Crippen LogP contribution in [0.25, 0.3) is 5.70 Å². The van der Waals surface area contributed by atoms with Crippen LogP contribution in [0, 0.1) is 0 Å². The minimum Gasteiger partial charge on any atom is -0.356 e. The third-order valence-electron chi connectivity index (χ3n) is 2.72. The molecule has 0 aliphatic rings. The Bertz CT molecular complexity index is 633. The van der Waals surface area contributed by atoms with Gasteiger partial charge in [0.05, 0.1) is 0 Å². The van der Waals surface area contributed by atoms with Crippen molar-refractivity contribution in [1.29, 1.82) is 0 Å². The van der Waals surface area contributed by atoms with Crippen LogP contribution in [0.1, 0.15) is 40.2 Å². The minimum absolute atomic E-state index is 0.00966. The highest BCUT2D eigenvalue weighted by atomic mass is 16.1. The Labute approximate surface area is 132 Å². The molecule has 0 aliphatic carbocycles. The van der Waals surface area contributed by atoms with Gasteiger partial charge in [0, 0.05) is 35.8 Å². The molecule has 0 bridgehead atoms. The van der Waals surface area contributed by atoms with E-state index in [9.17, 15) is 9.59 Å². The van der Waals surface area contributed by atoms with E-state index < -0.39 is 0 Å². The monoisotopic (exact) mass is 302 g/mol. The van der Waals surface area contributed by atoms with Crippen LogP contribution in [-0.4, -0.2) is 10.4 Å². The van der Waals surface area contributed by atoms with Crippen LogP contribution in [-0.2, 0) is 11.3 Å². The van der Waals surface area contributed by atoms with Crippen molar-refractivity contribution in [2.24, 2.45) is 0 Å². The summed E-state index contributed by atoms with van der Waals surface area (Å²) in [6.45, 7) is 17.2. The van der Waals surface area contributed by atoms with Gasteiger partial charge < -0.3 is 14.7 Å². The Morgan fingerprint density at radius 2 is 1.82 bits per heavy atom. The van der Waals surface area contributed by atoms with Gasteiger partial charge in [-0.15, -0.1) is 0 Å². The predicted molar refractivity (Wildman–Crippen MR) is 93.5 cm³/mol. The highest BCUT2D eigenvalue weighted by Crippen LogP contribution is 2.13. The van der Waals surface area contributed by atoms with Gasteiger partial charge >= 0.3 is 0 Å². The second-order valence-corrected chi connectivity index (χ2v) is 5.04. The number of Topliss-reactive ketones (excluding diaryl/α,β-unsaturated/α-hetero) is 1. The molecular formula is C18H26N2O2. The molecule has 1 heterocycles. The number of pyridine rings is 1. The van der Waals surface area contributed by atoms with Gasteiger partial charge in [0.1, 0.15) is 5.78 Å². The number of ketones is 1. The van der Waals surface area contributed by atoms with Gasteiger partial charge in [-0.3, -0.25) is 4.79 Å². The van der Waals surface area contributed by atoms with Gasteiger partial charge in [0.15, 0.2) is 0 Å². The van der Waals surface area contributed by atoms with Crippen LogP contribution >= 0.6 is 0 Å². The van der Waals surface area contributed by atoms with Crippen molar-refractivity contribution >= 4 is 11.5 Å². The quantitative estimate of drug-likeness (QED) is 0.847. The van der Waals surface area contributed by atoms with Gasteiger partial charge in [0.25, 0.3) is 5.56 Å². The molecule has 1 N–H and O–H groups in total. The number of carbonyl (C=O) groups is 1. The third kappa shape index (κ3) is 6.88. The molecule has 0 aromatic carbocycles. The van der Waals surface area contributed by atoms with Gasteiger partial charge in [-0.05, 0) is 46.3 Å². The molecule has 120 valence electrons. The smallest absolute Gasteiger partial charge is 0.250 e. The van der Waals surface area contributed by atoms with Gasteiger partial charge in [-0.25, -0.2) is 0 Å². The lowest BCUT2D eigenvalue weighted by atomic mass is 10.1. The number of aryl methyl sites for hydroxylation is 1. The number of hydrogen-bond acceptors (Lipinski definition) is 3. The lowest BCUT2D eigenvalue weighted by molar-refractivity contribution is -0.114. The molecule has 1 aromatic heterocycles. The molecule has 4 nitrogen and oxygen atoms in total. The molecule has 0 unspecified atom stereocenters. The lowest BCUT2D eigenvalue weighted by Crippen LogP contribution is -2.19. The summed E-state index contributed by atoms with van der Waals surface area (Å²) in [4.78, 5) is 21.0. The fourth-order valence-electron chi connectivity index (χ4n) is 1.52. The Morgan fingerprint density at radius 1 is 1.27 bits per heavy atom. The summed E-state index contributed by atoms with van der Waals surface area (Å²) < 4.78 is 1.67. The SMILES string of the molecule is C=C(C)C(=C)N/C(=C\C)c1ccc(=O)n(CC)c1.CC(C)=O. The molecule has 0 saturated heterocycles. The summed E-state index contributed by atoms with van der Waals surface area (Å²) in [7, 11) is 0. The molecule has 0 aliphatic heterocycles. The number of allylic oxidation sites excluding steroid dienone is 2. The van der Waals surface area contributed by atoms with Gasteiger partial charge in [-0.1, -0.05) is 19.2 Å². The summed E-state index contributed by atoms with van der Waals surface area (Å²) in [6.07, 6.45) is 3.80. The van der Waals surface area contributed by atoms with Crippen molar-refractivity contribution in [2.45, 2.75) is 41.2 Å². The van der Waals surface area contributed by atoms with E-state index in [4.69, 9.17) is 0 Å². The standard InChI is InChI=1S/C15H20N2O.C3H6O/c1-6-14(16-12(5)11(3)4)13-8-9-15(18)17(7-2)10-13;1-3(2)4/h6,8-10,16H,3,5,7H2,1-2,4H3;1-2H3/b14-6-;. The molecule has 0 amide bonds. The molecule has 1 rings (SSSR count). The van der Waals surface area contributed by atoms with Crippen LogP contribution in [0.15, 0.2) is 53.6 Å². The topological polar surface area (TPSA) is 51.1 Å². The first-order valence-corrected chi connectivity index (χ1v) is 7.19. The zero-order chi connectivity index (χ0) is 17.3. The fraction of sp³-hybridized carbons (Fsp3) is 0.333. The largest absolute Gasteiger partial charge is 0.356 e. The second kappa shape index (κ2) is 9.55. The van der Waals surface area contributed by atoms with Crippen molar-refractivity contribution in [2.75, 3.05) is 0 Å². The Hall–Kier alpha value is -2.36. The van der Waals surface area contributed by atoms with E-state index in [-0.39, 0.29) is 11.3 Å². The summed E-state index contributed by atoms with van der Waals surface area (Å²) in [5.41, 5.74) is 3.55. The number of rotatable bonds is 5. The normalized spacial score (nSPS) is 10.3. The van der Waals surface area contributed by atoms with Crippen molar-refractivity contribution in [3.8, 4) is 0 Å². The third-order valence-corrected chi connectivity index (χ3v) is 2.72. The first kappa shape index (κ1) is 19.6. The van der Waals surface area contributed by atoms with Crippen LogP contribution in [0.3, 0.4) is 0 Å². The molecule has 4 heteroatoms. The van der Waals surface area contributed by atoms with Crippen LogP contribution < -0.4 is 10.9 Å². The molecule has 0 atom stereocenters. The van der Waals surface area contributed by atoms with E-state index in [1.165, 1.54) is 13.8 Å². The average Bonchev–Trinajstić information content (AvgIpc) is 2.44. The average molecular weight is 302 g/mol. The van der Waals surface area contributed by atoms with Crippen LogP contribution in [0.2, 0.25) is 0 Å². The molecule has 0 radical (unpaired) electrons. The number of nitrogens with one attached hydrogen (secondary N) is 1. The maximum absolute atomic E-state index is 11.5. The van der Waals surface area contributed by atoms with E-state index in [2.05, 4.69) is 18.5 Å². The highest BCUT2D eigenvalue weighted by molar-refractivity contribution is 5.72. The molecule has 0 saturated carbocycles. The minimum atomic E-state index is 0.00966. The van der Waals surface area contributed by atoms with Crippen molar-refractivity contribution in [3.63, 3.8) is 0 Å². The Kier molecular flexibility index (Phi) is 8.53. The van der Waals surface area contributed by atoms with E-state index in [0.29, 0.717) is 6.54 Å². The summed E-state index contributed by atoms with van der Waals surface area (Å²) in [5, 5.41) is 3.20. The van der Waals surface area contributed by atoms with E-state index >= 15 is 0 Å². The summed E-state index contributed by atoms with van der Waals surface area (Å²) >= 11 is 0. The number of hydrogen-bond donors (Lipinski definition) is 1. The second-order valence-electron chi connectivity index (χ2n) is 5.04. The maximum Gasteiger partial charge on any atom is 0.250 e. The number of aromatic nitrogens is 1. The van der Waals surface area contributed by atoms with E-state index in [1.54, 1.807) is 10.6 Å². The molecule has 0 fully saturated rings. The van der Waals surface area contributed by atoms with E-state index in [1.807, 2.05) is 39.1 Å². The summed E-state index contributed by atoms with van der Waals surface area (Å²) in [6, 6.07) is 3.38.